The molecule has 2 aromatic heterocycles. The van der Waals surface area contributed by atoms with Gasteiger partial charge in [0.25, 0.3) is 0 Å². The van der Waals surface area contributed by atoms with Crippen molar-refractivity contribution < 1.29 is 0 Å². The molecule has 0 bridgehead atoms. The molecule has 3 rings (SSSR count). The largest absolute Gasteiger partial charge is 0.353 e. The van der Waals surface area contributed by atoms with Crippen LogP contribution in [0.2, 0.25) is 5.02 Å². The number of hydrogen-bond donors (Lipinski definition) is 2. The van der Waals surface area contributed by atoms with E-state index in [4.69, 9.17) is 11.6 Å². The first kappa shape index (κ1) is 20.2. The number of nitrogens with zero attached hydrogens (tertiary/aromatic N) is 4. The molecule has 136 valence electrons. The second-order valence-corrected chi connectivity index (χ2v) is 7.40. The van der Waals surface area contributed by atoms with Crippen molar-refractivity contribution in [3.63, 3.8) is 0 Å². The highest BCUT2D eigenvalue weighted by molar-refractivity contribution is 14.0. The zero-order valence-electron chi connectivity index (χ0n) is 14.2. The van der Waals surface area contributed by atoms with Gasteiger partial charge >= 0.3 is 0 Å². The molecule has 6 nitrogen and oxygen atoms in total. The summed E-state index contributed by atoms with van der Waals surface area (Å²) >= 11 is 7.93. The van der Waals surface area contributed by atoms with E-state index in [1.165, 1.54) is 4.88 Å². The fourth-order valence-electron chi connectivity index (χ4n) is 2.71. The molecule has 1 aliphatic rings. The number of hydrogen-bond acceptors (Lipinski definition) is 5. The summed E-state index contributed by atoms with van der Waals surface area (Å²) in [6.45, 7) is 4.52. The van der Waals surface area contributed by atoms with Gasteiger partial charge in [-0.2, -0.15) is 0 Å². The molecule has 2 aromatic rings. The zero-order chi connectivity index (χ0) is 16.9. The van der Waals surface area contributed by atoms with Crippen LogP contribution in [0.5, 0.6) is 0 Å². The SMILES string of the molecule is CN=C(NCc1ncc(C)s1)NC1CCN(c2ncccc2Cl)C1.I. The summed E-state index contributed by atoms with van der Waals surface area (Å²) in [6, 6.07) is 4.04. The Bertz CT molecular complexity index is 722. The summed E-state index contributed by atoms with van der Waals surface area (Å²) in [4.78, 5) is 16.5. The van der Waals surface area contributed by atoms with Crippen molar-refractivity contribution in [1.29, 1.82) is 0 Å². The Kier molecular flexibility index (Phi) is 7.70. The molecule has 0 saturated carbocycles. The summed E-state index contributed by atoms with van der Waals surface area (Å²) < 4.78 is 0. The normalized spacial score (nSPS) is 17.3. The van der Waals surface area contributed by atoms with Crippen LogP contribution in [-0.4, -0.2) is 42.1 Å². The predicted molar refractivity (Wildman–Crippen MR) is 115 cm³/mol. The fourth-order valence-corrected chi connectivity index (χ4v) is 3.68. The Balaban J connectivity index is 0.00000225. The Morgan fingerprint density at radius 3 is 3.00 bits per heavy atom. The van der Waals surface area contributed by atoms with Crippen molar-refractivity contribution >= 4 is 58.7 Å². The van der Waals surface area contributed by atoms with Gasteiger partial charge in [-0.3, -0.25) is 4.99 Å². The standard InChI is InChI=1S/C16H21ClN6S.HI/c1-11-8-20-14(24-11)9-21-16(18-2)22-12-5-7-23(10-12)15-13(17)4-3-6-19-15;/h3-4,6,8,12H,5,7,9-10H2,1-2H3,(H2,18,21,22);1H. The van der Waals surface area contributed by atoms with Crippen molar-refractivity contribution in [2.24, 2.45) is 4.99 Å². The van der Waals surface area contributed by atoms with Crippen LogP contribution in [0.25, 0.3) is 0 Å². The molecular weight excluding hydrogens is 471 g/mol. The van der Waals surface area contributed by atoms with E-state index in [0.29, 0.717) is 17.6 Å². The topological polar surface area (TPSA) is 65.4 Å². The molecule has 0 spiro atoms. The quantitative estimate of drug-likeness (QED) is 0.390. The van der Waals surface area contributed by atoms with Gasteiger partial charge in [-0.25, -0.2) is 9.97 Å². The molecule has 1 unspecified atom stereocenters. The number of nitrogens with one attached hydrogen (secondary N) is 2. The van der Waals surface area contributed by atoms with Crippen LogP contribution in [0, 0.1) is 6.92 Å². The van der Waals surface area contributed by atoms with Gasteiger partial charge in [0.15, 0.2) is 5.96 Å². The lowest BCUT2D eigenvalue weighted by Gasteiger charge is -2.20. The summed E-state index contributed by atoms with van der Waals surface area (Å²) in [7, 11) is 1.78. The highest BCUT2D eigenvalue weighted by Gasteiger charge is 2.25. The van der Waals surface area contributed by atoms with E-state index in [9.17, 15) is 0 Å². The van der Waals surface area contributed by atoms with Gasteiger partial charge in [-0.15, -0.1) is 35.3 Å². The van der Waals surface area contributed by atoms with E-state index in [2.05, 4.69) is 37.4 Å². The van der Waals surface area contributed by atoms with Crippen molar-refractivity contribution in [1.82, 2.24) is 20.6 Å². The minimum atomic E-state index is 0. The number of aliphatic imine (C=N–C) groups is 1. The average molecular weight is 493 g/mol. The van der Waals surface area contributed by atoms with Gasteiger partial charge < -0.3 is 15.5 Å². The van der Waals surface area contributed by atoms with Crippen molar-refractivity contribution in [3.05, 3.63) is 39.4 Å². The first-order valence-electron chi connectivity index (χ1n) is 7.89. The molecule has 1 saturated heterocycles. The summed E-state index contributed by atoms with van der Waals surface area (Å²) in [5.74, 6) is 1.64. The van der Waals surface area contributed by atoms with Crippen LogP contribution < -0.4 is 15.5 Å². The number of pyridine rings is 1. The molecular formula is C16H22ClIN6S. The number of anilines is 1. The highest BCUT2D eigenvalue weighted by atomic mass is 127. The smallest absolute Gasteiger partial charge is 0.191 e. The lowest BCUT2D eigenvalue weighted by molar-refractivity contribution is 0.648. The van der Waals surface area contributed by atoms with E-state index in [0.717, 1.165) is 36.3 Å². The maximum atomic E-state index is 6.24. The maximum Gasteiger partial charge on any atom is 0.191 e. The van der Waals surface area contributed by atoms with Crippen LogP contribution in [0.3, 0.4) is 0 Å². The third kappa shape index (κ3) is 5.42. The molecule has 1 fully saturated rings. The molecule has 0 amide bonds. The van der Waals surface area contributed by atoms with E-state index in [1.807, 2.05) is 18.3 Å². The molecule has 0 aliphatic carbocycles. The van der Waals surface area contributed by atoms with Gasteiger partial charge in [-0.1, -0.05) is 11.6 Å². The third-order valence-electron chi connectivity index (χ3n) is 3.87. The van der Waals surface area contributed by atoms with E-state index in [1.54, 1.807) is 24.6 Å². The maximum absolute atomic E-state index is 6.24. The number of thiazole rings is 1. The first-order chi connectivity index (χ1) is 11.7. The fraction of sp³-hybridized carbons (Fsp3) is 0.438. The Morgan fingerprint density at radius 1 is 1.48 bits per heavy atom. The molecule has 9 heteroatoms. The lowest BCUT2D eigenvalue weighted by Crippen LogP contribution is -2.44. The highest BCUT2D eigenvalue weighted by Crippen LogP contribution is 2.25. The Hall–Kier alpha value is -1.13. The third-order valence-corrected chi connectivity index (χ3v) is 5.08. The summed E-state index contributed by atoms with van der Waals surface area (Å²) in [5.41, 5.74) is 0. The predicted octanol–water partition coefficient (Wildman–Crippen LogP) is 3.06. The monoisotopic (exact) mass is 492 g/mol. The number of aromatic nitrogens is 2. The van der Waals surface area contributed by atoms with Gasteiger partial charge in [0.2, 0.25) is 0 Å². The molecule has 2 N–H and O–H groups in total. The van der Waals surface area contributed by atoms with Crippen LogP contribution in [-0.2, 0) is 6.54 Å². The van der Waals surface area contributed by atoms with Crippen molar-refractivity contribution in [2.75, 3.05) is 25.0 Å². The van der Waals surface area contributed by atoms with Gasteiger partial charge in [-0.05, 0) is 25.5 Å². The molecule has 1 atom stereocenters. The van der Waals surface area contributed by atoms with Gasteiger partial charge in [0.1, 0.15) is 10.8 Å². The second-order valence-electron chi connectivity index (χ2n) is 5.68. The minimum absolute atomic E-state index is 0. The van der Waals surface area contributed by atoms with Gasteiger partial charge in [0, 0.05) is 43.4 Å². The molecule has 1 aliphatic heterocycles. The number of halogens is 2. The zero-order valence-corrected chi connectivity index (χ0v) is 18.1. The first-order valence-corrected chi connectivity index (χ1v) is 9.09. The van der Waals surface area contributed by atoms with Crippen molar-refractivity contribution in [3.8, 4) is 0 Å². The number of rotatable bonds is 4. The molecule has 0 radical (unpaired) electrons. The van der Waals surface area contributed by atoms with E-state index < -0.39 is 0 Å². The number of guanidine groups is 1. The molecule has 25 heavy (non-hydrogen) atoms. The molecule has 3 heterocycles. The lowest BCUT2D eigenvalue weighted by atomic mass is 10.3. The molecule has 0 aromatic carbocycles. The minimum Gasteiger partial charge on any atom is -0.353 e. The summed E-state index contributed by atoms with van der Waals surface area (Å²) in [6.07, 6.45) is 4.69. The van der Waals surface area contributed by atoms with Crippen LogP contribution in [0.15, 0.2) is 29.5 Å². The van der Waals surface area contributed by atoms with Crippen molar-refractivity contribution in [2.45, 2.75) is 25.9 Å². The number of aryl methyl sites for hydroxylation is 1. The Morgan fingerprint density at radius 2 is 2.32 bits per heavy atom. The second kappa shape index (κ2) is 9.54. The van der Waals surface area contributed by atoms with Crippen LogP contribution in [0.4, 0.5) is 5.82 Å². The van der Waals surface area contributed by atoms with E-state index >= 15 is 0 Å². The average Bonchev–Trinajstić information content (AvgIpc) is 3.21. The Labute approximate surface area is 174 Å². The summed E-state index contributed by atoms with van der Waals surface area (Å²) in [5, 5.41) is 8.54. The van der Waals surface area contributed by atoms with E-state index in [-0.39, 0.29) is 24.0 Å². The van der Waals surface area contributed by atoms with Gasteiger partial charge in [0.05, 0.1) is 11.6 Å². The van der Waals surface area contributed by atoms with Crippen LogP contribution in [0.1, 0.15) is 16.3 Å². The van der Waals surface area contributed by atoms with Crippen LogP contribution >= 0.6 is 46.9 Å².